The van der Waals surface area contributed by atoms with E-state index < -0.39 is 0 Å². The van der Waals surface area contributed by atoms with Crippen LogP contribution in [-0.2, 0) is 0 Å². The molecule has 0 amide bonds. The molecule has 0 aliphatic rings. The maximum Gasteiger partial charge on any atom is 0.238 e. The van der Waals surface area contributed by atoms with Gasteiger partial charge in [-0.15, -0.1) is 0 Å². The lowest BCUT2D eigenvalue weighted by atomic mass is 10.0. The molecule has 142 heavy (non-hydrogen) atoms. The number of hydrogen-bond acceptors (Lipinski definition) is 8. The van der Waals surface area contributed by atoms with E-state index in [1.165, 1.54) is 98.0 Å². The van der Waals surface area contributed by atoms with Gasteiger partial charge in [0.25, 0.3) is 0 Å². The second-order valence-electron chi connectivity index (χ2n) is 35.6. The predicted octanol–water partition coefficient (Wildman–Crippen LogP) is 31.6. The summed E-state index contributed by atoms with van der Waals surface area (Å²) in [6.45, 7) is 0. The largest absolute Gasteiger partial charge is 0.309 e. The molecular weight excluding hydrogens is 1730 g/mol. The molecule has 29 rings (SSSR count). The van der Waals surface area contributed by atoms with Gasteiger partial charge in [0.15, 0.2) is 29.1 Å². The van der Waals surface area contributed by atoms with Gasteiger partial charge < -0.3 is 18.3 Å². The van der Waals surface area contributed by atoms with Crippen LogP contribution in [0.25, 0.3) is 256 Å². The van der Waals surface area contributed by atoms with Gasteiger partial charge in [0, 0.05) is 126 Å². The van der Waals surface area contributed by atoms with E-state index >= 15 is 0 Å². The number of rotatable bonds is 13. The van der Waals surface area contributed by atoms with Crippen molar-refractivity contribution in [2.45, 2.75) is 0 Å². The van der Waals surface area contributed by atoms with Crippen molar-refractivity contribution in [3.63, 3.8) is 0 Å². The molecule has 0 atom stereocenters. The lowest BCUT2D eigenvalue weighted by Crippen LogP contribution is -2.06. The molecule has 14 nitrogen and oxygen atoms in total. The first kappa shape index (κ1) is 82.1. The molecule has 0 saturated heterocycles. The summed E-state index contributed by atoms with van der Waals surface area (Å²) in [7, 11) is 0. The summed E-state index contributed by atoms with van der Waals surface area (Å²) in [5.41, 5.74) is 28.0. The van der Waals surface area contributed by atoms with Crippen LogP contribution < -0.4 is 0 Å². The van der Waals surface area contributed by atoms with Gasteiger partial charge in [-0.3, -0.25) is 9.13 Å². The quantitative estimate of drug-likeness (QED) is 0.111. The monoisotopic (exact) mass is 1810 g/mol. The van der Waals surface area contributed by atoms with Crippen LogP contribution >= 0.6 is 0 Å². The van der Waals surface area contributed by atoms with E-state index in [0.29, 0.717) is 41.0 Å². The van der Waals surface area contributed by atoms with E-state index in [2.05, 4.69) is 397 Å². The Morgan fingerprint density at radius 2 is 0.401 bits per heavy atom. The minimum absolute atomic E-state index is 0.593. The highest BCUT2D eigenvalue weighted by molar-refractivity contribution is 6.31. The molecule has 0 unspecified atom stereocenters. The van der Waals surface area contributed by atoms with Gasteiger partial charge >= 0.3 is 0 Å². The van der Waals surface area contributed by atoms with Gasteiger partial charge in [-0.05, 0) is 126 Å². The van der Waals surface area contributed by atoms with Crippen molar-refractivity contribution in [1.29, 1.82) is 0 Å². The van der Waals surface area contributed by atoms with Crippen LogP contribution in [0.1, 0.15) is 0 Å². The minimum Gasteiger partial charge on any atom is -0.309 e. The molecule has 0 saturated carbocycles. The van der Waals surface area contributed by atoms with Crippen molar-refractivity contribution in [2.24, 2.45) is 0 Å². The van der Waals surface area contributed by atoms with Crippen molar-refractivity contribution in [3.8, 4) is 114 Å². The molecule has 0 bridgehead atoms. The Labute approximate surface area is 814 Å². The van der Waals surface area contributed by atoms with Crippen LogP contribution in [0.5, 0.6) is 0 Å². The van der Waals surface area contributed by atoms with Gasteiger partial charge in [0.05, 0.1) is 77.4 Å². The van der Waals surface area contributed by atoms with Gasteiger partial charge in [0.1, 0.15) is 0 Å². The average molecular weight is 1820 g/mol. The highest BCUT2D eigenvalue weighted by Gasteiger charge is 2.29. The first-order valence-electron chi connectivity index (χ1n) is 47.8. The van der Waals surface area contributed by atoms with E-state index in [4.69, 9.17) is 39.9 Å². The lowest BCUT2D eigenvalue weighted by molar-refractivity contribution is 0.953. The summed E-state index contributed by atoms with van der Waals surface area (Å²) >= 11 is 0. The molecule has 9 aromatic heterocycles. The van der Waals surface area contributed by atoms with Crippen molar-refractivity contribution in [3.05, 3.63) is 497 Å². The summed E-state index contributed by atoms with van der Waals surface area (Å²) in [6.07, 6.45) is 0. The Balaban J connectivity index is 0.000000107. The topological polar surface area (TPSA) is 133 Å². The summed E-state index contributed by atoms with van der Waals surface area (Å²) in [6, 6.07) is 174. The van der Waals surface area contributed by atoms with Crippen LogP contribution in [0.3, 0.4) is 0 Å². The zero-order valence-corrected chi connectivity index (χ0v) is 76.6. The highest BCUT2D eigenvalue weighted by Crippen LogP contribution is 2.48. The Morgan fingerprint density at radius 1 is 0.134 bits per heavy atom. The van der Waals surface area contributed by atoms with Crippen molar-refractivity contribution < 1.29 is 0 Å². The zero-order valence-electron chi connectivity index (χ0n) is 76.6. The number of hydrogen-bond donors (Lipinski definition) is 0. The number of benzene rings is 20. The molecule has 20 aromatic carbocycles. The van der Waals surface area contributed by atoms with Crippen LogP contribution in [0.15, 0.2) is 497 Å². The molecule has 0 spiro atoms. The third-order valence-electron chi connectivity index (χ3n) is 27.5. The van der Waals surface area contributed by atoms with Crippen LogP contribution in [0.2, 0.25) is 0 Å². The molecule has 9 heterocycles. The summed E-state index contributed by atoms with van der Waals surface area (Å²) in [4.78, 5) is 40.8. The predicted molar refractivity (Wildman–Crippen MR) is 583 cm³/mol. The van der Waals surface area contributed by atoms with E-state index in [0.717, 1.165) is 117 Å². The maximum atomic E-state index is 5.42. The molecule has 0 N–H and O–H groups in total. The van der Waals surface area contributed by atoms with Crippen molar-refractivity contribution in [2.75, 3.05) is 0 Å². The van der Waals surface area contributed by atoms with Gasteiger partial charge in [-0.1, -0.05) is 382 Å². The number of nitrogens with zero attached hydrogens (tertiary/aromatic N) is 14. The normalized spacial score (nSPS) is 11.7. The smallest absolute Gasteiger partial charge is 0.238 e. The molecule has 0 aliphatic heterocycles. The molecule has 14 heteroatoms. The van der Waals surface area contributed by atoms with Gasteiger partial charge in [-0.2, -0.15) is 9.97 Å². The molecule has 664 valence electrons. The van der Waals surface area contributed by atoms with Crippen molar-refractivity contribution in [1.82, 2.24) is 67.3 Å². The second kappa shape index (κ2) is 34.4. The Morgan fingerprint density at radius 3 is 0.817 bits per heavy atom. The fourth-order valence-corrected chi connectivity index (χ4v) is 21.2. The van der Waals surface area contributed by atoms with Crippen molar-refractivity contribution >= 4 is 142 Å². The van der Waals surface area contributed by atoms with E-state index in [9.17, 15) is 0 Å². The van der Waals surface area contributed by atoms with Crippen LogP contribution in [0, 0.1) is 0 Å². The van der Waals surface area contributed by atoms with Gasteiger partial charge in [-0.25, -0.2) is 29.9 Å². The first-order chi connectivity index (χ1) is 70.5. The van der Waals surface area contributed by atoms with Crippen LogP contribution in [0.4, 0.5) is 0 Å². The summed E-state index contributed by atoms with van der Waals surface area (Å²) in [5, 5.41) is 15.5. The highest BCUT2D eigenvalue weighted by atomic mass is 15.2. The van der Waals surface area contributed by atoms with Crippen LogP contribution in [-0.4, -0.2) is 67.3 Å². The van der Waals surface area contributed by atoms with E-state index in [1.54, 1.807) is 0 Å². The van der Waals surface area contributed by atoms with Gasteiger partial charge in [0.2, 0.25) is 11.9 Å². The fraction of sp³-hybridized carbons (Fsp3) is 0. The molecule has 29 aromatic rings. The third kappa shape index (κ3) is 13.9. The first-order valence-corrected chi connectivity index (χ1v) is 47.8. The Hall–Kier alpha value is -19.4. The number of para-hydroxylation sites is 10. The van der Waals surface area contributed by atoms with E-state index in [-0.39, 0.29) is 0 Å². The summed E-state index contributed by atoms with van der Waals surface area (Å²) in [5.74, 6) is 4.45. The van der Waals surface area contributed by atoms with E-state index in [1.807, 2.05) is 127 Å². The lowest BCUT2D eigenvalue weighted by Gasteiger charge is -2.14. The molecular formula is C128H82N14. The Kier molecular flexibility index (Phi) is 19.9. The fourth-order valence-electron chi connectivity index (χ4n) is 21.2. The second-order valence-corrected chi connectivity index (χ2v) is 35.6. The number of fused-ring (bicyclic) bond motifs is 22. The minimum atomic E-state index is 0.593. The number of aromatic nitrogens is 14. The average Bonchev–Trinajstić information content (AvgIpc) is 1.55. The summed E-state index contributed by atoms with van der Waals surface area (Å²) < 4.78 is 14.0. The third-order valence-corrected chi connectivity index (χ3v) is 27.5. The standard InChI is InChI=1S/C45H29N5.C44H28N4.C39H25N5/c1-4-15-30(16-5-1)43-46-44(31-17-6-2-7-18-31)48-45(47-43)32-19-14-22-34(29-32)50-38-26-13-11-24-36(38)42-40(50)28-27-39-41(42)35-23-10-12-25-37(35)49(39)33-20-8-3-9-21-33;1-3-13-29(14-4-1)30-23-25-31(26-24-30)41-37-19-7-10-20-38(37)45-44(46-41)48-40-22-12-9-18-34(40)36-28-27-35-33-17-8-11-21-39(33)47(42(35)43(36)48)32-15-5-2-6-16-32;1-4-14-26(15-5-1)37-40-38(27-16-6-2-7-17-27)42-39(41-37)44-32-23-13-11-21-30(32)36-34(44)25-24-33-35(36)29-20-10-12-22-31(29)43(33)28-18-8-3-9-19-28/h1-29H;1-28H;1-25H. The molecule has 0 radical (unpaired) electrons. The molecule has 0 fully saturated rings. The maximum absolute atomic E-state index is 5.42. The molecule has 0 aliphatic carbocycles. The Bertz CT molecular complexity index is 9840. The zero-order chi connectivity index (χ0) is 93.7. The SMILES string of the molecule is c1ccc(-c2ccc(-c3nc(-n4c5ccccc5c5ccc6c7ccccc7n(-c7ccccc7)c6c54)nc4ccccc34)cc2)cc1.c1ccc(-c2nc(-c3ccccc3)nc(-c3cccc(-n4c5ccccc5c5c6c7ccccc7n(-c7ccccc7)c6ccc54)c3)n2)cc1.c1ccc(-c2nc(-c3ccccc3)nc(-n3c4ccccc4c4c5c6ccccc6n(-c6ccccc6)c5ccc43)n2)cc1.